The first kappa shape index (κ1) is 23.4. The molecule has 1 aromatic heterocycles. The molecule has 0 radical (unpaired) electrons. The second-order valence-corrected chi connectivity index (χ2v) is 11.8. The highest BCUT2D eigenvalue weighted by atomic mass is 32.2. The highest BCUT2D eigenvalue weighted by Crippen LogP contribution is 2.60. The Morgan fingerprint density at radius 3 is 2.33 bits per heavy atom. The van der Waals surface area contributed by atoms with Crippen molar-refractivity contribution in [2.45, 2.75) is 17.2 Å². The summed E-state index contributed by atoms with van der Waals surface area (Å²) in [7, 11) is 0. The average Bonchev–Trinajstić information content (AvgIpc) is 3.35. The van der Waals surface area contributed by atoms with Gasteiger partial charge in [-0.3, -0.25) is 0 Å². The second-order valence-electron chi connectivity index (χ2n) is 10.6. The number of fused-ring (bicyclic) bond motifs is 9. The van der Waals surface area contributed by atoms with Crippen molar-refractivity contribution in [1.82, 2.24) is 4.57 Å². The molecule has 0 saturated heterocycles. The first-order chi connectivity index (χ1) is 19.7. The van der Waals surface area contributed by atoms with Gasteiger partial charge in [0, 0.05) is 15.7 Å². The molecule has 8 rings (SSSR count). The van der Waals surface area contributed by atoms with E-state index in [1.807, 2.05) is 17.8 Å². The summed E-state index contributed by atoms with van der Waals surface area (Å²) in [6.45, 7) is 6.30. The van der Waals surface area contributed by atoms with E-state index >= 15 is 0 Å². The van der Waals surface area contributed by atoms with Crippen molar-refractivity contribution in [3.8, 4) is 16.8 Å². The van der Waals surface area contributed by atoms with Crippen molar-refractivity contribution in [2.24, 2.45) is 0 Å². The molecule has 2 heteroatoms. The molecule has 1 unspecified atom stereocenters. The molecule has 0 bridgehead atoms. The topological polar surface area (TPSA) is 4.93 Å². The Kier molecular flexibility index (Phi) is 5.11. The third-order valence-electron chi connectivity index (χ3n) is 8.58. The van der Waals surface area contributed by atoms with Crippen LogP contribution in [0.4, 0.5) is 0 Å². The van der Waals surface area contributed by atoms with Crippen LogP contribution < -0.4 is 0 Å². The predicted octanol–water partition coefficient (Wildman–Crippen LogP) is 10.2. The van der Waals surface area contributed by atoms with Crippen LogP contribution >= 0.6 is 11.8 Å². The normalized spacial score (nSPS) is 17.5. The van der Waals surface area contributed by atoms with Crippen molar-refractivity contribution in [3.05, 3.63) is 167 Å². The molecule has 2 aliphatic heterocycles. The summed E-state index contributed by atoms with van der Waals surface area (Å²) in [6, 6.07) is 42.5. The Balaban J connectivity index is 1.60. The van der Waals surface area contributed by atoms with Gasteiger partial charge in [0.1, 0.15) is 0 Å². The van der Waals surface area contributed by atoms with Gasteiger partial charge in [0.2, 0.25) is 0 Å². The molecule has 40 heavy (non-hydrogen) atoms. The molecule has 0 fully saturated rings. The smallest absolute Gasteiger partial charge is 0.0761 e. The standard InChI is InChI=1S/C38H27NS/c1-3-4-17-30-25(2)40-36-23-22-27(26-13-6-5-7-14-26)24-33(36)38(30)31-18-9-11-21-35(31)39-34-20-10-8-15-28(34)29-16-12-19-32(38)37(29)39/h3-24H,1H2,2H3/b17-4-. The molecule has 1 atom stereocenters. The number of rotatable bonds is 3. The Bertz CT molecular complexity index is 2060. The van der Waals surface area contributed by atoms with Crippen molar-refractivity contribution in [2.75, 3.05) is 0 Å². The molecule has 1 spiro atoms. The highest BCUT2D eigenvalue weighted by Gasteiger charge is 2.49. The fourth-order valence-electron chi connectivity index (χ4n) is 7.04. The lowest BCUT2D eigenvalue weighted by atomic mass is 9.62. The van der Waals surface area contributed by atoms with Crippen LogP contribution in [0.25, 0.3) is 38.6 Å². The van der Waals surface area contributed by atoms with Crippen molar-refractivity contribution < 1.29 is 0 Å². The van der Waals surface area contributed by atoms with Crippen LogP contribution in [0.15, 0.2) is 155 Å². The predicted molar refractivity (Wildman–Crippen MR) is 170 cm³/mol. The summed E-state index contributed by atoms with van der Waals surface area (Å²) in [5.41, 5.74) is 11.1. The molecule has 5 aromatic carbocycles. The summed E-state index contributed by atoms with van der Waals surface area (Å²) < 4.78 is 2.49. The van der Waals surface area contributed by atoms with Crippen LogP contribution in [0.3, 0.4) is 0 Å². The van der Waals surface area contributed by atoms with E-state index in [9.17, 15) is 0 Å². The van der Waals surface area contributed by atoms with Crippen LogP contribution in [0.1, 0.15) is 23.6 Å². The number of para-hydroxylation sites is 3. The summed E-state index contributed by atoms with van der Waals surface area (Å²) in [5.74, 6) is 0. The minimum atomic E-state index is -0.477. The molecular formula is C38H27NS. The number of hydrogen-bond donors (Lipinski definition) is 0. The van der Waals surface area contributed by atoms with E-state index in [-0.39, 0.29) is 0 Å². The van der Waals surface area contributed by atoms with Gasteiger partial charge in [-0.05, 0) is 69.5 Å². The maximum atomic E-state index is 4.03. The zero-order valence-electron chi connectivity index (χ0n) is 22.3. The van der Waals surface area contributed by atoms with Gasteiger partial charge in [-0.1, -0.05) is 128 Å². The highest BCUT2D eigenvalue weighted by molar-refractivity contribution is 8.03. The Hall–Kier alpha value is -4.53. The largest absolute Gasteiger partial charge is 0.309 e. The molecule has 0 aliphatic carbocycles. The minimum Gasteiger partial charge on any atom is -0.309 e. The van der Waals surface area contributed by atoms with Gasteiger partial charge in [0.05, 0.1) is 22.1 Å². The number of hydrogen-bond acceptors (Lipinski definition) is 1. The molecule has 6 aromatic rings. The molecular weight excluding hydrogens is 502 g/mol. The van der Waals surface area contributed by atoms with Gasteiger partial charge >= 0.3 is 0 Å². The van der Waals surface area contributed by atoms with Gasteiger partial charge in [0.15, 0.2) is 0 Å². The quantitative estimate of drug-likeness (QED) is 0.206. The molecule has 2 aliphatic rings. The lowest BCUT2D eigenvalue weighted by molar-refractivity contribution is 0.703. The maximum absolute atomic E-state index is 4.03. The van der Waals surface area contributed by atoms with Crippen molar-refractivity contribution in [3.63, 3.8) is 0 Å². The second kappa shape index (κ2) is 8.74. The van der Waals surface area contributed by atoms with Crippen LogP contribution in [-0.4, -0.2) is 4.57 Å². The number of nitrogens with zero attached hydrogens (tertiary/aromatic N) is 1. The van der Waals surface area contributed by atoms with Crippen LogP contribution in [-0.2, 0) is 5.41 Å². The Labute approximate surface area is 238 Å². The zero-order chi connectivity index (χ0) is 26.8. The van der Waals surface area contributed by atoms with Crippen LogP contribution in [0, 0.1) is 0 Å². The summed E-state index contributed by atoms with van der Waals surface area (Å²) >= 11 is 1.88. The summed E-state index contributed by atoms with van der Waals surface area (Å²) in [5, 5.41) is 2.59. The van der Waals surface area contributed by atoms with E-state index in [1.54, 1.807) is 0 Å². The lowest BCUT2D eigenvalue weighted by Crippen LogP contribution is -2.38. The van der Waals surface area contributed by atoms with Gasteiger partial charge in [-0.25, -0.2) is 0 Å². The molecule has 0 amide bonds. The molecule has 0 saturated carbocycles. The third-order valence-corrected chi connectivity index (χ3v) is 9.69. The van der Waals surface area contributed by atoms with Crippen LogP contribution in [0.5, 0.6) is 0 Å². The van der Waals surface area contributed by atoms with E-state index in [2.05, 4.69) is 145 Å². The van der Waals surface area contributed by atoms with Gasteiger partial charge in [-0.15, -0.1) is 0 Å². The van der Waals surface area contributed by atoms with Gasteiger partial charge in [-0.2, -0.15) is 0 Å². The van der Waals surface area contributed by atoms with Crippen molar-refractivity contribution >= 4 is 33.6 Å². The van der Waals surface area contributed by atoms with E-state index in [1.165, 1.54) is 70.7 Å². The average molecular weight is 530 g/mol. The third kappa shape index (κ3) is 3.00. The summed E-state index contributed by atoms with van der Waals surface area (Å²) in [6.07, 6.45) is 6.28. The molecule has 190 valence electrons. The first-order valence-corrected chi connectivity index (χ1v) is 14.6. The van der Waals surface area contributed by atoms with Crippen LogP contribution in [0.2, 0.25) is 0 Å². The van der Waals surface area contributed by atoms with E-state index in [4.69, 9.17) is 0 Å². The maximum Gasteiger partial charge on any atom is 0.0761 e. The van der Waals surface area contributed by atoms with E-state index in [0.717, 1.165) is 0 Å². The molecule has 0 N–H and O–H groups in total. The Morgan fingerprint density at radius 2 is 1.45 bits per heavy atom. The van der Waals surface area contributed by atoms with E-state index < -0.39 is 5.41 Å². The summed E-state index contributed by atoms with van der Waals surface area (Å²) in [4.78, 5) is 2.62. The zero-order valence-corrected chi connectivity index (χ0v) is 23.1. The number of thioether (sulfide) groups is 1. The fourth-order valence-corrected chi connectivity index (χ4v) is 8.16. The van der Waals surface area contributed by atoms with Crippen molar-refractivity contribution in [1.29, 1.82) is 0 Å². The lowest BCUT2D eigenvalue weighted by Gasteiger charge is -2.46. The monoisotopic (exact) mass is 529 g/mol. The van der Waals surface area contributed by atoms with E-state index in [0.29, 0.717) is 0 Å². The first-order valence-electron chi connectivity index (χ1n) is 13.7. The SMILES string of the molecule is C=C/C=C\C1=C(C)Sc2ccc(-c3ccccc3)cc2C12c1ccccc1-n1c3ccccc3c3cccc2c31. The molecule has 3 heterocycles. The van der Waals surface area contributed by atoms with Gasteiger partial charge in [0.25, 0.3) is 0 Å². The minimum absolute atomic E-state index is 0.477. The number of allylic oxidation sites excluding steroid dienone is 5. The fraction of sp³-hybridized carbons (Fsp3) is 0.0526. The Morgan fingerprint density at radius 1 is 0.700 bits per heavy atom. The van der Waals surface area contributed by atoms with Gasteiger partial charge < -0.3 is 4.57 Å². The molecule has 1 nitrogen and oxygen atoms in total. The number of aromatic nitrogens is 1. The number of benzene rings is 5.